The van der Waals surface area contributed by atoms with Crippen LogP contribution >= 0.6 is 0 Å². The second-order valence-corrected chi connectivity index (χ2v) is 7.16. The van der Waals surface area contributed by atoms with Gasteiger partial charge in [0.1, 0.15) is 17.0 Å². The summed E-state index contributed by atoms with van der Waals surface area (Å²) >= 11 is 0. The standard InChI is InChI=1S/C22H22F2N6O2/c1-4-29-14(9-10-25-29)13-28(2)22(31)16-12-26-30-18(20(23)24)11-17(27-21(16)30)15-7-5-6-8-19(15)32-3/h5-12,20H,4,13H2,1-3H3. The van der Waals surface area contributed by atoms with Gasteiger partial charge in [0.05, 0.1) is 31.2 Å². The molecule has 1 amide bonds. The highest BCUT2D eigenvalue weighted by Gasteiger charge is 2.24. The van der Waals surface area contributed by atoms with Crippen molar-refractivity contribution in [2.24, 2.45) is 0 Å². The molecule has 0 unspecified atom stereocenters. The lowest BCUT2D eigenvalue weighted by atomic mass is 10.1. The molecule has 3 heterocycles. The van der Waals surface area contributed by atoms with Crippen LogP contribution in [0.4, 0.5) is 8.78 Å². The summed E-state index contributed by atoms with van der Waals surface area (Å²) in [5.74, 6) is 0.107. The van der Waals surface area contributed by atoms with Gasteiger partial charge in [0.25, 0.3) is 12.3 Å². The summed E-state index contributed by atoms with van der Waals surface area (Å²) < 4.78 is 35.9. The molecule has 0 bridgehead atoms. The highest BCUT2D eigenvalue weighted by atomic mass is 19.3. The lowest BCUT2D eigenvalue weighted by Gasteiger charge is -2.17. The molecule has 0 fully saturated rings. The maximum atomic E-state index is 13.9. The van der Waals surface area contributed by atoms with Crippen molar-refractivity contribution >= 4 is 11.6 Å². The fourth-order valence-electron chi connectivity index (χ4n) is 3.59. The fraction of sp³-hybridized carbons (Fsp3) is 0.273. The molecule has 0 radical (unpaired) electrons. The number of benzene rings is 1. The molecule has 0 aliphatic rings. The summed E-state index contributed by atoms with van der Waals surface area (Å²) in [6.07, 6.45) is 0.131. The van der Waals surface area contributed by atoms with Crippen molar-refractivity contribution in [2.45, 2.75) is 26.4 Å². The molecular formula is C22H22F2N6O2. The van der Waals surface area contributed by atoms with Crippen molar-refractivity contribution in [1.82, 2.24) is 29.3 Å². The van der Waals surface area contributed by atoms with Gasteiger partial charge in [0.2, 0.25) is 0 Å². The van der Waals surface area contributed by atoms with E-state index >= 15 is 0 Å². The smallest absolute Gasteiger partial charge is 0.280 e. The second kappa shape index (κ2) is 8.74. The van der Waals surface area contributed by atoms with E-state index in [1.54, 1.807) is 42.2 Å². The van der Waals surface area contributed by atoms with Gasteiger partial charge in [-0.3, -0.25) is 9.48 Å². The Hall–Kier alpha value is -3.82. The van der Waals surface area contributed by atoms with Crippen molar-refractivity contribution in [3.8, 4) is 17.0 Å². The van der Waals surface area contributed by atoms with Crippen LogP contribution in [0.5, 0.6) is 5.75 Å². The molecule has 10 heteroatoms. The molecule has 0 spiro atoms. The second-order valence-electron chi connectivity index (χ2n) is 7.16. The number of carbonyl (C=O) groups is 1. The van der Waals surface area contributed by atoms with E-state index < -0.39 is 6.43 Å². The summed E-state index contributed by atoms with van der Waals surface area (Å²) in [5.41, 5.74) is 1.50. The molecule has 32 heavy (non-hydrogen) atoms. The van der Waals surface area contributed by atoms with Crippen molar-refractivity contribution < 1.29 is 18.3 Å². The van der Waals surface area contributed by atoms with E-state index in [0.717, 1.165) is 10.2 Å². The van der Waals surface area contributed by atoms with Crippen LogP contribution in [0.15, 0.2) is 48.8 Å². The number of hydrogen-bond donors (Lipinski definition) is 0. The van der Waals surface area contributed by atoms with Crippen molar-refractivity contribution in [3.63, 3.8) is 0 Å². The Bertz CT molecular complexity index is 1270. The van der Waals surface area contributed by atoms with Gasteiger partial charge in [-0.15, -0.1) is 0 Å². The van der Waals surface area contributed by atoms with Crippen LogP contribution in [0.25, 0.3) is 16.9 Å². The van der Waals surface area contributed by atoms with E-state index in [9.17, 15) is 13.6 Å². The van der Waals surface area contributed by atoms with Gasteiger partial charge in [-0.05, 0) is 31.2 Å². The largest absolute Gasteiger partial charge is 0.496 e. The van der Waals surface area contributed by atoms with E-state index in [2.05, 4.69) is 15.2 Å². The van der Waals surface area contributed by atoms with E-state index in [0.29, 0.717) is 24.4 Å². The monoisotopic (exact) mass is 440 g/mol. The van der Waals surface area contributed by atoms with Gasteiger partial charge in [0.15, 0.2) is 5.65 Å². The van der Waals surface area contributed by atoms with Crippen LogP contribution in [0.3, 0.4) is 0 Å². The van der Waals surface area contributed by atoms with Gasteiger partial charge in [-0.2, -0.15) is 10.2 Å². The number of fused-ring (bicyclic) bond motifs is 1. The van der Waals surface area contributed by atoms with E-state index in [1.807, 2.05) is 13.0 Å². The Morgan fingerprint density at radius 1 is 1.22 bits per heavy atom. The fourth-order valence-corrected chi connectivity index (χ4v) is 3.59. The van der Waals surface area contributed by atoms with Crippen LogP contribution < -0.4 is 4.74 Å². The first-order valence-electron chi connectivity index (χ1n) is 10.0. The Labute approximate surface area is 183 Å². The van der Waals surface area contributed by atoms with Crippen LogP contribution in [-0.4, -0.2) is 49.3 Å². The summed E-state index contributed by atoms with van der Waals surface area (Å²) in [5, 5.41) is 8.24. The first-order valence-corrected chi connectivity index (χ1v) is 10.0. The van der Waals surface area contributed by atoms with E-state index in [1.165, 1.54) is 24.3 Å². The molecule has 3 aromatic heterocycles. The van der Waals surface area contributed by atoms with Crippen LogP contribution in [0.2, 0.25) is 0 Å². The molecule has 0 aliphatic carbocycles. The topological polar surface area (TPSA) is 77.6 Å². The zero-order valence-corrected chi connectivity index (χ0v) is 17.9. The van der Waals surface area contributed by atoms with Crippen molar-refractivity contribution in [2.75, 3.05) is 14.2 Å². The number of para-hydroxylation sites is 1. The number of methoxy groups -OCH3 is 1. The minimum absolute atomic E-state index is 0.0598. The first kappa shape index (κ1) is 21.4. The molecule has 8 nitrogen and oxygen atoms in total. The maximum absolute atomic E-state index is 13.9. The SMILES string of the molecule is CCn1nccc1CN(C)C(=O)c1cnn2c(C(F)F)cc(-c3ccccc3OC)nc12. The average molecular weight is 440 g/mol. The minimum Gasteiger partial charge on any atom is -0.496 e. The predicted octanol–water partition coefficient (Wildman–Crippen LogP) is 3.83. The number of rotatable bonds is 7. The van der Waals surface area contributed by atoms with Gasteiger partial charge in [-0.25, -0.2) is 18.3 Å². The summed E-state index contributed by atoms with van der Waals surface area (Å²) in [4.78, 5) is 19.2. The molecule has 0 aliphatic heterocycles. The van der Waals surface area contributed by atoms with Crippen LogP contribution in [0.1, 0.15) is 35.1 Å². The van der Waals surface area contributed by atoms with Crippen molar-refractivity contribution in [1.29, 1.82) is 0 Å². The number of aryl methyl sites for hydroxylation is 1. The number of alkyl halides is 2. The first-order chi connectivity index (χ1) is 15.4. The Kier molecular flexibility index (Phi) is 5.85. The lowest BCUT2D eigenvalue weighted by molar-refractivity contribution is 0.0783. The summed E-state index contributed by atoms with van der Waals surface area (Å²) in [6, 6.07) is 10.1. The number of halogens is 2. The number of nitrogens with zero attached hydrogens (tertiary/aromatic N) is 6. The zero-order valence-electron chi connectivity index (χ0n) is 17.9. The Morgan fingerprint density at radius 2 is 2.00 bits per heavy atom. The number of aromatic nitrogens is 5. The van der Waals surface area contributed by atoms with E-state index in [4.69, 9.17) is 4.74 Å². The third-order valence-electron chi connectivity index (χ3n) is 5.19. The number of hydrogen-bond acceptors (Lipinski definition) is 5. The third-order valence-corrected chi connectivity index (χ3v) is 5.19. The summed E-state index contributed by atoms with van der Waals surface area (Å²) in [7, 11) is 3.13. The van der Waals surface area contributed by atoms with Crippen molar-refractivity contribution in [3.05, 3.63) is 65.7 Å². The van der Waals surface area contributed by atoms with Crippen LogP contribution in [-0.2, 0) is 13.1 Å². The van der Waals surface area contributed by atoms with Gasteiger partial charge in [0, 0.05) is 25.4 Å². The molecule has 1 aromatic carbocycles. The number of ether oxygens (including phenoxy) is 1. The highest BCUT2D eigenvalue weighted by molar-refractivity contribution is 5.99. The predicted molar refractivity (Wildman–Crippen MR) is 114 cm³/mol. The molecule has 4 rings (SSSR count). The molecule has 0 saturated heterocycles. The maximum Gasteiger partial charge on any atom is 0.280 e. The average Bonchev–Trinajstić information content (AvgIpc) is 3.44. The molecule has 0 atom stereocenters. The quantitative estimate of drug-likeness (QED) is 0.437. The van der Waals surface area contributed by atoms with Gasteiger partial charge >= 0.3 is 0 Å². The lowest BCUT2D eigenvalue weighted by Crippen LogP contribution is -2.27. The number of carbonyl (C=O) groups excluding carboxylic acids is 1. The molecular weight excluding hydrogens is 418 g/mol. The third kappa shape index (κ3) is 3.79. The molecule has 0 N–H and O–H groups in total. The van der Waals surface area contributed by atoms with E-state index in [-0.39, 0.29) is 28.5 Å². The molecule has 0 saturated carbocycles. The Balaban J connectivity index is 1.79. The highest BCUT2D eigenvalue weighted by Crippen LogP contribution is 2.32. The molecule has 166 valence electrons. The van der Waals surface area contributed by atoms with Crippen LogP contribution in [0, 0.1) is 0 Å². The Morgan fingerprint density at radius 3 is 2.72 bits per heavy atom. The minimum atomic E-state index is -2.81. The summed E-state index contributed by atoms with van der Waals surface area (Å²) in [6.45, 7) is 2.93. The van der Waals surface area contributed by atoms with Gasteiger partial charge in [-0.1, -0.05) is 12.1 Å². The normalized spacial score (nSPS) is 11.3. The zero-order chi connectivity index (χ0) is 22.8. The number of amides is 1. The molecule has 4 aromatic rings. The van der Waals surface area contributed by atoms with Gasteiger partial charge < -0.3 is 9.64 Å².